The molecule has 0 radical (unpaired) electrons. The fourth-order valence-corrected chi connectivity index (χ4v) is 3.66. The lowest BCUT2D eigenvalue weighted by molar-refractivity contribution is 0.497. The van der Waals surface area contributed by atoms with Crippen LogP contribution in [0.25, 0.3) is 10.6 Å². The van der Waals surface area contributed by atoms with E-state index in [0.29, 0.717) is 6.04 Å². The predicted molar refractivity (Wildman–Crippen MR) is 77.4 cm³/mol. The van der Waals surface area contributed by atoms with Crippen LogP contribution in [0.4, 0.5) is 0 Å². The number of rotatable bonds is 2. The molecule has 1 N–H and O–H groups in total. The Morgan fingerprint density at radius 2 is 2.11 bits per heavy atom. The zero-order valence-corrected chi connectivity index (χ0v) is 11.8. The standard InChI is InChI=1S/C14H15ClN2S/c1-16-11-6-7-12-13(8-11)18-14(17-12)9-2-4-10(15)5-3-9/h2-5,11,16H,6-8H2,1H3. The first kappa shape index (κ1) is 12.2. The highest BCUT2D eigenvalue weighted by Crippen LogP contribution is 2.33. The van der Waals surface area contributed by atoms with Crippen molar-refractivity contribution < 1.29 is 0 Å². The Kier molecular flexibility index (Phi) is 3.37. The lowest BCUT2D eigenvalue weighted by Crippen LogP contribution is -2.30. The first-order chi connectivity index (χ1) is 8.76. The topological polar surface area (TPSA) is 24.9 Å². The van der Waals surface area contributed by atoms with Crippen LogP contribution >= 0.6 is 22.9 Å². The van der Waals surface area contributed by atoms with E-state index in [1.165, 1.54) is 22.6 Å². The van der Waals surface area contributed by atoms with E-state index in [9.17, 15) is 0 Å². The van der Waals surface area contributed by atoms with Crippen LogP contribution in [-0.2, 0) is 12.8 Å². The largest absolute Gasteiger partial charge is 0.317 e. The normalized spacial score (nSPS) is 18.7. The monoisotopic (exact) mass is 278 g/mol. The third-order valence-corrected chi connectivity index (χ3v) is 4.86. The molecule has 1 aromatic heterocycles. The van der Waals surface area contributed by atoms with E-state index in [4.69, 9.17) is 16.6 Å². The van der Waals surface area contributed by atoms with E-state index in [-0.39, 0.29) is 0 Å². The number of thiazole rings is 1. The van der Waals surface area contributed by atoms with Gasteiger partial charge in [0.05, 0.1) is 5.69 Å². The highest BCUT2D eigenvalue weighted by atomic mass is 35.5. The molecule has 1 atom stereocenters. The molecular formula is C14H15ClN2S. The molecule has 0 bridgehead atoms. The van der Waals surface area contributed by atoms with Gasteiger partial charge in [-0.2, -0.15) is 0 Å². The number of halogens is 1. The van der Waals surface area contributed by atoms with Crippen molar-refractivity contribution in [2.75, 3.05) is 7.05 Å². The molecule has 1 heterocycles. The molecule has 94 valence electrons. The minimum absolute atomic E-state index is 0.607. The maximum absolute atomic E-state index is 5.91. The summed E-state index contributed by atoms with van der Waals surface area (Å²) in [7, 11) is 2.04. The van der Waals surface area contributed by atoms with Crippen molar-refractivity contribution >= 4 is 22.9 Å². The molecular weight excluding hydrogens is 264 g/mol. The predicted octanol–water partition coefficient (Wildman–Crippen LogP) is 3.54. The summed E-state index contributed by atoms with van der Waals surface area (Å²) < 4.78 is 0. The Bertz CT molecular complexity index is 547. The van der Waals surface area contributed by atoms with E-state index in [0.717, 1.165) is 22.9 Å². The van der Waals surface area contributed by atoms with Gasteiger partial charge in [-0.15, -0.1) is 11.3 Å². The summed E-state index contributed by atoms with van der Waals surface area (Å²) in [6.45, 7) is 0. The quantitative estimate of drug-likeness (QED) is 0.909. The Hall–Kier alpha value is -0.900. The maximum atomic E-state index is 5.91. The molecule has 1 aromatic carbocycles. The van der Waals surface area contributed by atoms with Crippen LogP contribution in [-0.4, -0.2) is 18.1 Å². The molecule has 4 heteroatoms. The third kappa shape index (κ3) is 2.30. The van der Waals surface area contributed by atoms with E-state index < -0.39 is 0 Å². The van der Waals surface area contributed by atoms with Crippen molar-refractivity contribution in [1.82, 2.24) is 10.3 Å². The smallest absolute Gasteiger partial charge is 0.123 e. The van der Waals surface area contributed by atoms with Crippen LogP contribution in [0.15, 0.2) is 24.3 Å². The van der Waals surface area contributed by atoms with Crippen LogP contribution in [0.1, 0.15) is 17.0 Å². The molecule has 1 unspecified atom stereocenters. The summed E-state index contributed by atoms with van der Waals surface area (Å²) in [4.78, 5) is 6.20. The fraction of sp³-hybridized carbons (Fsp3) is 0.357. The Labute approximate surface area is 116 Å². The van der Waals surface area contributed by atoms with Crippen molar-refractivity contribution in [2.24, 2.45) is 0 Å². The van der Waals surface area contributed by atoms with E-state index in [2.05, 4.69) is 5.32 Å². The van der Waals surface area contributed by atoms with Gasteiger partial charge in [0.15, 0.2) is 0 Å². The molecule has 1 aliphatic rings. The summed E-state index contributed by atoms with van der Waals surface area (Å²) in [6.07, 6.45) is 3.38. The van der Waals surface area contributed by atoms with Gasteiger partial charge >= 0.3 is 0 Å². The number of hydrogen-bond donors (Lipinski definition) is 1. The van der Waals surface area contributed by atoms with Gasteiger partial charge in [-0.05, 0) is 38.4 Å². The highest BCUT2D eigenvalue weighted by molar-refractivity contribution is 7.15. The summed E-state index contributed by atoms with van der Waals surface area (Å²) in [5.74, 6) is 0. The van der Waals surface area contributed by atoms with Crippen molar-refractivity contribution in [3.8, 4) is 10.6 Å². The molecule has 18 heavy (non-hydrogen) atoms. The maximum Gasteiger partial charge on any atom is 0.123 e. The Balaban J connectivity index is 1.91. The molecule has 0 fully saturated rings. The fourth-order valence-electron chi connectivity index (χ4n) is 2.34. The second kappa shape index (κ2) is 5.00. The first-order valence-corrected chi connectivity index (χ1v) is 7.37. The van der Waals surface area contributed by atoms with Gasteiger partial charge in [0.1, 0.15) is 5.01 Å². The van der Waals surface area contributed by atoms with Crippen LogP contribution in [0.5, 0.6) is 0 Å². The number of benzene rings is 1. The SMILES string of the molecule is CNC1CCc2nc(-c3ccc(Cl)cc3)sc2C1. The molecule has 1 aliphatic carbocycles. The number of nitrogens with zero attached hydrogens (tertiary/aromatic N) is 1. The number of hydrogen-bond acceptors (Lipinski definition) is 3. The van der Waals surface area contributed by atoms with Gasteiger partial charge < -0.3 is 5.32 Å². The van der Waals surface area contributed by atoms with Gasteiger partial charge in [-0.1, -0.05) is 23.7 Å². The first-order valence-electron chi connectivity index (χ1n) is 6.18. The molecule has 2 aromatic rings. The second-order valence-electron chi connectivity index (χ2n) is 4.62. The molecule has 0 saturated carbocycles. The molecule has 0 saturated heterocycles. The average Bonchev–Trinajstić information content (AvgIpc) is 2.82. The molecule has 0 spiro atoms. The number of likely N-dealkylation sites (N-methyl/N-ethyl adjacent to an activating group) is 1. The minimum atomic E-state index is 0.607. The van der Waals surface area contributed by atoms with Crippen molar-refractivity contribution in [3.63, 3.8) is 0 Å². The summed E-state index contributed by atoms with van der Waals surface area (Å²) >= 11 is 7.73. The van der Waals surface area contributed by atoms with E-state index in [1.54, 1.807) is 0 Å². The van der Waals surface area contributed by atoms with Crippen molar-refractivity contribution in [2.45, 2.75) is 25.3 Å². The van der Waals surface area contributed by atoms with Crippen LogP contribution in [0.2, 0.25) is 5.02 Å². The van der Waals surface area contributed by atoms with Crippen LogP contribution < -0.4 is 5.32 Å². The molecule has 3 rings (SSSR count). The van der Waals surface area contributed by atoms with Gasteiger partial charge in [0.2, 0.25) is 0 Å². The number of nitrogens with one attached hydrogen (secondary N) is 1. The second-order valence-corrected chi connectivity index (χ2v) is 6.14. The van der Waals surface area contributed by atoms with E-state index >= 15 is 0 Å². The third-order valence-electron chi connectivity index (χ3n) is 3.44. The van der Waals surface area contributed by atoms with Gasteiger partial charge in [-0.25, -0.2) is 4.98 Å². The minimum Gasteiger partial charge on any atom is -0.317 e. The van der Waals surface area contributed by atoms with Crippen LogP contribution in [0.3, 0.4) is 0 Å². The van der Waals surface area contributed by atoms with Gasteiger partial charge in [0, 0.05) is 21.5 Å². The highest BCUT2D eigenvalue weighted by Gasteiger charge is 2.21. The van der Waals surface area contributed by atoms with Crippen LogP contribution in [0, 0.1) is 0 Å². The molecule has 2 nitrogen and oxygen atoms in total. The summed E-state index contributed by atoms with van der Waals surface area (Å²) in [6, 6.07) is 8.54. The molecule has 0 aliphatic heterocycles. The number of fused-ring (bicyclic) bond motifs is 1. The molecule has 0 amide bonds. The van der Waals surface area contributed by atoms with Crippen molar-refractivity contribution in [1.29, 1.82) is 0 Å². The Morgan fingerprint density at radius 1 is 1.33 bits per heavy atom. The number of aryl methyl sites for hydroxylation is 1. The van der Waals surface area contributed by atoms with Gasteiger partial charge in [-0.3, -0.25) is 0 Å². The lowest BCUT2D eigenvalue weighted by atomic mass is 9.98. The number of aromatic nitrogens is 1. The summed E-state index contributed by atoms with van der Waals surface area (Å²) in [5.41, 5.74) is 2.45. The van der Waals surface area contributed by atoms with E-state index in [1.807, 2.05) is 42.6 Å². The van der Waals surface area contributed by atoms with Crippen molar-refractivity contribution in [3.05, 3.63) is 39.9 Å². The zero-order chi connectivity index (χ0) is 12.5. The van der Waals surface area contributed by atoms with Gasteiger partial charge in [0.25, 0.3) is 0 Å². The Morgan fingerprint density at radius 3 is 2.83 bits per heavy atom. The summed E-state index contributed by atoms with van der Waals surface area (Å²) in [5, 5.41) is 5.26. The lowest BCUT2D eigenvalue weighted by Gasteiger charge is -2.19. The zero-order valence-electron chi connectivity index (χ0n) is 10.2. The average molecular weight is 279 g/mol.